The normalized spacial score (nSPS) is 14.0. The highest BCUT2D eigenvalue weighted by atomic mass is 16.4. The summed E-state index contributed by atoms with van der Waals surface area (Å²) in [6, 6.07) is 13.5. The molecule has 4 N–H and O–H groups in total. The van der Waals surface area contributed by atoms with Gasteiger partial charge in [0.1, 0.15) is 6.04 Å². The molecule has 218 valence electrons. The number of hydrogen-bond donors (Lipinski definition) is 4. The number of amides is 3. The van der Waals surface area contributed by atoms with E-state index in [4.69, 9.17) is 0 Å². The highest BCUT2D eigenvalue weighted by molar-refractivity contribution is 6.33. The zero-order valence-corrected chi connectivity index (χ0v) is 24.0. The molecule has 1 aliphatic carbocycles. The average Bonchev–Trinajstić information content (AvgIpc) is 2.97. The van der Waals surface area contributed by atoms with Crippen LogP contribution in [-0.2, 0) is 9.59 Å². The predicted molar refractivity (Wildman–Crippen MR) is 161 cm³/mol. The number of aldehydes is 1. The fourth-order valence-electron chi connectivity index (χ4n) is 5.63. The molecule has 0 spiro atoms. The number of anilines is 2. The Hall–Kier alpha value is -4.79. The number of aryl methyl sites for hydroxylation is 3. The van der Waals surface area contributed by atoms with Crippen LogP contribution in [-0.4, -0.2) is 41.1 Å². The molecule has 0 radical (unpaired) electrons. The number of carboxylic acid groups (broad SMARTS) is 1. The number of carbonyl (C=O) groups excluding carboxylic acids is 4. The van der Waals surface area contributed by atoms with Gasteiger partial charge < -0.3 is 21.1 Å². The summed E-state index contributed by atoms with van der Waals surface area (Å²) in [6.45, 7) is 5.76. The molecule has 1 fully saturated rings. The first-order valence-corrected chi connectivity index (χ1v) is 14.0. The molecule has 3 amide bonds. The molecule has 0 heterocycles. The van der Waals surface area contributed by atoms with Crippen LogP contribution in [0.15, 0.2) is 54.6 Å². The maximum absolute atomic E-state index is 13.5. The van der Waals surface area contributed by atoms with E-state index in [2.05, 4.69) is 16.0 Å². The number of rotatable bonds is 9. The second kappa shape index (κ2) is 13.2. The van der Waals surface area contributed by atoms with Crippen molar-refractivity contribution in [2.24, 2.45) is 5.92 Å². The number of aliphatic carboxylic acids is 1. The molecule has 1 saturated carbocycles. The molecule has 1 aliphatic rings. The van der Waals surface area contributed by atoms with Gasteiger partial charge in [-0.3, -0.25) is 14.4 Å². The van der Waals surface area contributed by atoms with Crippen LogP contribution in [0.2, 0.25) is 0 Å². The number of nitrogens with one attached hydrogen (secondary N) is 3. The minimum Gasteiger partial charge on any atom is -0.480 e. The standard InChI is InChI=1S/C33H35N3O6/c1-19-15-20(2)29(21(3)16-19)36-33(42)34-27-17-25(22-9-11-23(12-10-22)28(38)18-37)13-14-26(27)31(39)35-30(32(40)41)24-7-5-4-6-8-24/h9-18,24,30H,4-8H2,1-3H3,(H,35,39)(H,40,41)(H2,34,36,42)/t30-/m0/s1. The zero-order chi connectivity index (χ0) is 30.4. The number of benzene rings is 3. The van der Waals surface area contributed by atoms with Crippen molar-refractivity contribution in [2.45, 2.75) is 58.9 Å². The van der Waals surface area contributed by atoms with Crippen LogP contribution >= 0.6 is 0 Å². The number of ketones is 1. The zero-order valence-electron chi connectivity index (χ0n) is 24.0. The van der Waals surface area contributed by atoms with Gasteiger partial charge in [-0.1, -0.05) is 67.3 Å². The van der Waals surface area contributed by atoms with E-state index in [9.17, 15) is 29.1 Å². The van der Waals surface area contributed by atoms with E-state index < -0.39 is 29.7 Å². The van der Waals surface area contributed by atoms with Crippen molar-refractivity contribution in [1.82, 2.24) is 5.32 Å². The van der Waals surface area contributed by atoms with E-state index in [1.165, 1.54) is 18.2 Å². The molecule has 42 heavy (non-hydrogen) atoms. The van der Waals surface area contributed by atoms with E-state index in [-0.39, 0.29) is 29.0 Å². The predicted octanol–water partition coefficient (Wildman–Crippen LogP) is 6.07. The molecular weight excluding hydrogens is 534 g/mol. The van der Waals surface area contributed by atoms with Crippen LogP contribution in [0.5, 0.6) is 0 Å². The summed E-state index contributed by atoms with van der Waals surface area (Å²) in [5.41, 5.74) is 5.35. The van der Waals surface area contributed by atoms with Gasteiger partial charge in [0.2, 0.25) is 5.78 Å². The first-order valence-electron chi connectivity index (χ1n) is 14.0. The van der Waals surface area contributed by atoms with Crippen LogP contribution in [0.4, 0.5) is 16.2 Å². The lowest BCUT2D eigenvalue weighted by Crippen LogP contribution is -2.46. The second-order valence-electron chi connectivity index (χ2n) is 10.9. The van der Waals surface area contributed by atoms with Gasteiger partial charge in [-0.05, 0) is 73.9 Å². The first kappa shape index (κ1) is 30.2. The lowest BCUT2D eigenvalue weighted by atomic mass is 9.83. The minimum atomic E-state index is -1.09. The highest BCUT2D eigenvalue weighted by Crippen LogP contribution is 2.30. The van der Waals surface area contributed by atoms with Crippen LogP contribution in [0, 0.1) is 26.7 Å². The lowest BCUT2D eigenvalue weighted by Gasteiger charge is -2.28. The van der Waals surface area contributed by atoms with Crippen molar-refractivity contribution < 1.29 is 29.1 Å². The fourth-order valence-corrected chi connectivity index (χ4v) is 5.63. The van der Waals surface area contributed by atoms with Crippen molar-refractivity contribution in [3.05, 3.63) is 82.4 Å². The molecule has 0 saturated heterocycles. The molecule has 3 aromatic rings. The summed E-state index contributed by atoms with van der Waals surface area (Å²) in [6.07, 6.45) is 4.58. The van der Waals surface area contributed by atoms with Gasteiger partial charge in [0, 0.05) is 11.3 Å². The molecule has 3 aromatic carbocycles. The first-order chi connectivity index (χ1) is 20.1. The second-order valence-corrected chi connectivity index (χ2v) is 10.9. The Morgan fingerprint density at radius 1 is 0.833 bits per heavy atom. The van der Waals surface area contributed by atoms with Crippen molar-refractivity contribution in [1.29, 1.82) is 0 Å². The number of carbonyl (C=O) groups is 5. The molecule has 9 heteroatoms. The SMILES string of the molecule is Cc1cc(C)c(NC(=O)Nc2cc(-c3ccc(C(=O)C=O)cc3)ccc2C(=O)N[C@H](C(=O)O)C2CCCCC2)c(C)c1. The van der Waals surface area contributed by atoms with Gasteiger partial charge in [-0.25, -0.2) is 9.59 Å². The van der Waals surface area contributed by atoms with Gasteiger partial charge in [-0.15, -0.1) is 0 Å². The minimum absolute atomic E-state index is 0.112. The lowest BCUT2D eigenvalue weighted by molar-refractivity contribution is -0.141. The smallest absolute Gasteiger partial charge is 0.326 e. The van der Waals surface area contributed by atoms with Gasteiger partial charge in [0.15, 0.2) is 6.29 Å². The third-order valence-corrected chi connectivity index (χ3v) is 7.71. The van der Waals surface area contributed by atoms with Gasteiger partial charge in [0.05, 0.1) is 11.3 Å². The Morgan fingerprint density at radius 2 is 1.45 bits per heavy atom. The molecule has 4 rings (SSSR count). The van der Waals surface area contributed by atoms with Crippen molar-refractivity contribution in [2.75, 3.05) is 10.6 Å². The summed E-state index contributed by atoms with van der Waals surface area (Å²) in [4.78, 5) is 61.4. The maximum atomic E-state index is 13.5. The van der Waals surface area contributed by atoms with Gasteiger partial charge >= 0.3 is 12.0 Å². The Balaban J connectivity index is 1.66. The molecular formula is C33H35N3O6. The topological polar surface area (TPSA) is 142 Å². The molecule has 0 unspecified atom stereocenters. The Labute approximate surface area is 244 Å². The monoisotopic (exact) mass is 569 g/mol. The Bertz CT molecular complexity index is 1500. The third kappa shape index (κ3) is 7.09. The maximum Gasteiger partial charge on any atom is 0.326 e. The molecule has 9 nitrogen and oxygen atoms in total. The van der Waals surface area contributed by atoms with Gasteiger partial charge in [0.25, 0.3) is 5.91 Å². The quantitative estimate of drug-likeness (QED) is 0.140. The van der Waals surface area contributed by atoms with E-state index >= 15 is 0 Å². The Kier molecular flexibility index (Phi) is 9.52. The van der Waals surface area contributed by atoms with Crippen LogP contribution in [0.1, 0.15) is 69.5 Å². The van der Waals surface area contributed by atoms with E-state index in [1.54, 1.807) is 24.3 Å². The molecule has 0 aromatic heterocycles. The summed E-state index contributed by atoms with van der Waals surface area (Å²) in [5, 5.41) is 18.2. The molecule has 0 bridgehead atoms. The number of hydrogen-bond acceptors (Lipinski definition) is 5. The van der Waals surface area contributed by atoms with E-state index in [0.29, 0.717) is 16.8 Å². The summed E-state index contributed by atoms with van der Waals surface area (Å²) < 4.78 is 0. The summed E-state index contributed by atoms with van der Waals surface area (Å²) >= 11 is 0. The Morgan fingerprint density at radius 3 is 2.05 bits per heavy atom. The van der Waals surface area contributed by atoms with Crippen molar-refractivity contribution in [3.63, 3.8) is 0 Å². The number of Topliss-reactive ketones (excluding diaryl/α,β-unsaturated/α-hetero) is 1. The van der Waals surface area contributed by atoms with Crippen molar-refractivity contribution in [3.8, 4) is 11.1 Å². The summed E-state index contributed by atoms with van der Waals surface area (Å²) in [7, 11) is 0. The van der Waals surface area contributed by atoms with Crippen LogP contribution in [0.25, 0.3) is 11.1 Å². The summed E-state index contributed by atoms with van der Waals surface area (Å²) in [5.74, 6) is -2.50. The van der Waals surface area contributed by atoms with Crippen LogP contribution < -0.4 is 16.0 Å². The highest BCUT2D eigenvalue weighted by Gasteiger charge is 2.31. The van der Waals surface area contributed by atoms with E-state index in [1.807, 2.05) is 32.9 Å². The van der Waals surface area contributed by atoms with Crippen molar-refractivity contribution >= 4 is 41.4 Å². The average molecular weight is 570 g/mol. The fraction of sp³-hybridized carbons (Fsp3) is 0.303. The number of carboxylic acids is 1. The largest absolute Gasteiger partial charge is 0.480 e. The molecule has 0 aliphatic heterocycles. The third-order valence-electron chi connectivity index (χ3n) is 7.71. The number of urea groups is 1. The molecule has 1 atom stereocenters. The van der Waals surface area contributed by atoms with Gasteiger partial charge in [-0.2, -0.15) is 0 Å². The van der Waals surface area contributed by atoms with Crippen LogP contribution in [0.3, 0.4) is 0 Å². The van der Waals surface area contributed by atoms with E-state index in [0.717, 1.165) is 48.8 Å².